The van der Waals surface area contributed by atoms with E-state index in [1.165, 1.54) is 0 Å². The van der Waals surface area contributed by atoms with Crippen molar-refractivity contribution in [3.8, 4) is 0 Å². The Kier molecular flexibility index (Phi) is 13.2. The highest BCUT2D eigenvalue weighted by atomic mass is 16.2. The van der Waals surface area contributed by atoms with Gasteiger partial charge < -0.3 is 38.1 Å². The van der Waals surface area contributed by atoms with E-state index in [0.29, 0.717) is 31.4 Å². The number of nitrogens with one attached hydrogen (secondary N) is 5. The van der Waals surface area contributed by atoms with Crippen LogP contribution in [-0.4, -0.2) is 66.2 Å². The highest BCUT2D eigenvalue weighted by Crippen LogP contribution is 2.18. The van der Waals surface area contributed by atoms with Gasteiger partial charge in [-0.3, -0.25) is 29.0 Å². The minimum absolute atomic E-state index is 0.0924. The maximum atomic E-state index is 13.6. The molecule has 2 rings (SSSR count). The molecule has 4 atom stereocenters. The summed E-state index contributed by atoms with van der Waals surface area (Å²) in [6.45, 7) is 7.32. The van der Waals surface area contributed by atoms with E-state index in [1.54, 1.807) is 52.0 Å². The van der Waals surface area contributed by atoms with Gasteiger partial charge in [-0.25, -0.2) is 0 Å². The zero-order valence-electron chi connectivity index (χ0n) is 25.0. The zero-order chi connectivity index (χ0) is 31.3. The van der Waals surface area contributed by atoms with Crippen LogP contribution in [0.1, 0.15) is 77.8 Å². The SMILES string of the molecule is CCC1NC(=O)[C@H](CCCN=C(N)N)NC(=O)[C@](C)(NC(=O)C(C)C)CCCCNC(=O)[C@@H](c2ccccc2)NC1=O. The molecule has 0 radical (unpaired) electrons. The Morgan fingerprint density at radius 2 is 1.67 bits per heavy atom. The number of amides is 5. The zero-order valence-corrected chi connectivity index (χ0v) is 25.0. The molecule has 42 heavy (non-hydrogen) atoms. The second-order valence-electron chi connectivity index (χ2n) is 11.0. The van der Waals surface area contributed by atoms with E-state index in [2.05, 4.69) is 31.6 Å². The molecule has 5 amide bonds. The molecule has 0 saturated carbocycles. The Bertz CT molecular complexity index is 1120. The summed E-state index contributed by atoms with van der Waals surface area (Å²) in [5.74, 6) is -2.82. The number of benzene rings is 1. The summed E-state index contributed by atoms with van der Waals surface area (Å²) in [5, 5.41) is 14.0. The van der Waals surface area contributed by atoms with Crippen molar-refractivity contribution in [2.45, 2.75) is 89.9 Å². The molecule has 1 fully saturated rings. The highest BCUT2D eigenvalue weighted by molar-refractivity contribution is 5.97. The Labute approximate surface area is 247 Å². The third kappa shape index (κ3) is 10.3. The number of carbonyl (C=O) groups excluding carboxylic acids is 5. The van der Waals surface area contributed by atoms with Gasteiger partial charge in [0.25, 0.3) is 0 Å². The van der Waals surface area contributed by atoms with Gasteiger partial charge in [-0.05, 0) is 51.0 Å². The predicted molar refractivity (Wildman–Crippen MR) is 160 cm³/mol. The summed E-state index contributed by atoms with van der Waals surface area (Å²) < 4.78 is 0. The van der Waals surface area contributed by atoms with Crippen LogP contribution >= 0.6 is 0 Å². The molecule has 9 N–H and O–H groups in total. The van der Waals surface area contributed by atoms with Crippen LogP contribution in [0.2, 0.25) is 0 Å². The molecule has 0 bridgehead atoms. The van der Waals surface area contributed by atoms with E-state index in [0.717, 1.165) is 0 Å². The molecule has 0 aliphatic carbocycles. The molecule has 1 aliphatic heterocycles. The molecule has 13 nitrogen and oxygen atoms in total. The molecule has 0 spiro atoms. The predicted octanol–water partition coefficient (Wildman–Crippen LogP) is 0.108. The van der Waals surface area contributed by atoms with Crippen LogP contribution in [0.15, 0.2) is 35.3 Å². The van der Waals surface area contributed by atoms with Crippen molar-refractivity contribution in [3.05, 3.63) is 35.9 Å². The van der Waals surface area contributed by atoms with Crippen LogP contribution in [-0.2, 0) is 24.0 Å². The Morgan fingerprint density at radius 1 is 1.00 bits per heavy atom. The van der Waals surface area contributed by atoms with Crippen molar-refractivity contribution in [2.24, 2.45) is 22.4 Å². The first-order chi connectivity index (χ1) is 19.9. The third-order valence-corrected chi connectivity index (χ3v) is 7.12. The summed E-state index contributed by atoms with van der Waals surface area (Å²) in [7, 11) is 0. The Morgan fingerprint density at radius 3 is 2.29 bits per heavy atom. The van der Waals surface area contributed by atoms with Crippen LogP contribution in [0.5, 0.6) is 0 Å². The average Bonchev–Trinajstić information content (AvgIpc) is 2.95. The van der Waals surface area contributed by atoms with Crippen LogP contribution in [0.25, 0.3) is 0 Å². The van der Waals surface area contributed by atoms with E-state index in [9.17, 15) is 24.0 Å². The maximum absolute atomic E-state index is 13.6. The first kappa shape index (κ1) is 34.0. The Balaban J connectivity index is 2.42. The summed E-state index contributed by atoms with van der Waals surface area (Å²) in [4.78, 5) is 70.2. The third-order valence-electron chi connectivity index (χ3n) is 7.12. The smallest absolute Gasteiger partial charge is 0.247 e. The lowest BCUT2D eigenvalue weighted by molar-refractivity contribution is -0.137. The van der Waals surface area contributed by atoms with Gasteiger partial charge >= 0.3 is 0 Å². The summed E-state index contributed by atoms with van der Waals surface area (Å²) >= 11 is 0. The molecule has 0 aromatic heterocycles. The lowest BCUT2D eigenvalue weighted by Crippen LogP contribution is -2.62. The van der Waals surface area contributed by atoms with E-state index in [4.69, 9.17) is 11.5 Å². The van der Waals surface area contributed by atoms with E-state index >= 15 is 0 Å². The first-order valence-corrected chi connectivity index (χ1v) is 14.5. The molecule has 1 aromatic rings. The second kappa shape index (κ2) is 16.3. The number of nitrogens with zero attached hydrogens (tertiary/aromatic N) is 1. The Hall–Kier alpha value is -4.16. The van der Waals surface area contributed by atoms with Gasteiger partial charge in [0.15, 0.2) is 5.96 Å². The molecule has 1 unspecified atom stereocenters. The van der Waals surface area contributed by atoms with Crippen LogP contribution in [0, 0.1) is 5.92 Å². The van der Waals surface area contributed by atoms with Crippen molar-refractivity contribution in [2.75, 3.05) is 13.1 Å². The van der Waals surface area contributed by atoms with E-state index in [-0.39, 0.29) is 43.6 Å². The monoisotopic (exact) mass is 586 g/mol. The second-order valence-corrected chi connectivity index (χ2v) is 11.0. The van der Waals surface area contributed by atoms with Crippen molar-refractivity contribution in [3.63, 3.8) is 0 Å². The average molecular weight is 587 g/mol. The summed E-state index contributed by atoms with van der Waals surface area (Å²) in [5.41, 5.74) is 10.1. The summed E-state index contributed by atoms with van der Waals surface area (Å²) in [6.07, 6.45) is 2.05. The number of rotatable bonds is 8. The quantitative estimate of drug-likeness (QED) is 0.127. The van der Waals surface area contributed by atoms with Gasteiger partial charge in [0.1, 0.15) is 23.7 Å². The number of hydrogen-bond acceptors (Lipinski definition) is 6. The van der Waals surface area contributed by atoms with Crippen molar-refractivity contribution >= 4 is 35.5 Å². The van der Waals surface area contributed by atoms with Crippen molar-refractivity contribution in [1.29, 1.82) is 0 Å². The highest BCUT2D eigenvalue weighted by Gasteiger charge is 2.38. The van der Waals surface area contributed by atoms with Crippen LogP contribution < -0.4 is 38.1 Å². The van der Waals surface area contributed by atoms with Gasteiger partial charge in [-0.1, -0.05) is 51.1 Å². The van der Waals surface area contributed by atoms with Crippen LogP contribution in [0.4, 0.5) is 0 Å². The standard InChI is InChI=1S/C29H46N8O5/c1-5-20-24(39)36-22(19-12-7-6-8-13-19)26(41)32-16-10-9-15-29(4,37-23(38)18(2)3)27(42)35-21(25(40)34-20)14-11-17-33-28(30)31/h6-8,12-13,18,20-22H,5,9-11,14-17H2,1-4H3,(H,32,41)(H,34,40)(H,35,42)(H,36,39)(H,37,38)(H4,30,31,33)/t20?,21-,22+,29+/m0/s1. The minimum Gasteiger partial charge on any atom is -0.370 e. The minimum atomic E-state index is -1.32. The number of aliphatic imine (C=N–C) groups is 1. The lowest BCUT2D eigenvalue weighted by atomic mass is 9.91. The molecule has 1 aromatic carbocycles. The molecule has 1 aliphatic rings. The molecule has 232 valence electrons. The molecule has 1 saturated heterocycles. The number of hydrogen-bond donors (Lipinski definition) is 7. The first-order valence-electron chi connectivity index (χ1n) is 14.5. The fraction of sp³-hybridized carbons (Fsp3) is 0.586. The van der Waals surface area contributed by atoms with Crippen molar-refractivity contribution < 1.29 is 24.0 Å². The largest absolute Gasteiger partial charge is 0.370 e. The molecule has 13 heteroatoms. The molecule has 1 heterocycles. The van der Waals surface area contributed by atoms with Crippen molar-refractivity contribution in [1.82, 2.24) is 26.6 Å². The van der Waals surface area contributed by atoms with Crippen LogP contribution in [0.3, 0.4) is 0 Å². The number of nitrogens with two attached hydrogens (primary N) is 2. The fourth-order valence-corrected chi connectivity index (χ4v) is 4.47. The summed E-state index contributed by atoms with van der Waals surface area (Å²) in [6, 6.07) is 5.86. The number of guanidine groups is 1. The van der Waals surface area contributed by atoms with Gasteiger partial charge in [-0.15, -0.1) is 0 Å². The number of carbonyl (C=O) groups is 5. The van der Waals surface area contributed by atoms with Gasteiger partial charge in [0.05, 0.1) is 0 Å². The van der Waals surface area contributed by atoms with Gasteiger partial charge in [0, 0.05) is 19.0 Å². The van der Waals surface area contributed by atoms with E-state index in [1.807, 2.05) is 6.07 Å². The normalized spacial score (nSPS) is 24.5. The maximum Gasteiger partial charge on any atom is 0.247 e. The topological polar surface area (TPSA) is 210 Å². The fourth-order valence-electron chi connectivity index (χ4n) is 4.47. The molecular weight excluding hydrogens is 540 g/mol. The van der Waals surface area contributed by atoms with Gasteiger partial charge in [0.2, 0.25) is 29.5 Å². The lowest BCUT2D eigenvalue weighted by Gasteiger charge is -2.33. The van der Waals surface area contributed by atoms with E-state index < -0.39 is 47.3 Å². The van der Waals surface area contributed by atoms with Gasteiger partial charge in [-0.2, -0.15) is 0 Å². The molecular formula is C29H46N8O5.